The van der Waals surface area contributed by atoms with Crippen LogP contribution in [0.2, 0.25) is 0 Å². The summed E-state index contributed by atoms with van der Waals surface area (Å²) in [6, 6.07) is -0.560. The van der Waals surface area contributed by atoms with Crippen LogP contribution < -0.4 is 5.73 Å². The van der Waals surface area contributed by atoms with E-state index in [1.54, 1.807) is 6.92 Å². The van der Waals surface area contributed by atoms with Gasteiger partial charge in [0.25, 0.3) is 0 Å². The highest BCUT2D eigenvalue weighted by molar-refractivity contribution is 5.75. The number of carbonyl (C=O) groups excluding carboxylic acids is 1. The number of carbonyl (C=O) groups is 1. The van der Waals surface area contributed by atoms with Gasteiger partial charge in [0.1, 0.15) is 12.1 Å². The quantitative estimate of drug-likeness (QED) is 0.720. The van der Waals surface area contributed by atoms with Crippen molar-refractivity contribution in [3.05, 3.63) is 0 Å². The van der Waals surface area contributed by atoms with E-state index in [0.29, 0.717) is 5.92 Å². The van der Waals surface area contributed by atoms with Gasteiger partial charge < -0.3 is 15.2 Å². The summed E-state index contributed by atoms with van der Waals surface area (Å²) in [6.45, 7) is 4.42. The van der Waals surface area contributed by atoms with Gasteiger partial charge in [0.05, 0.1) is 6.10 Å². The maximum absolute atomic E-state index is 11.6. The zero-order valence-electron chi connectivity index (χ0n) is 12.1. The Kier molecular flexibility index (Phi) is 5.22. The normalized spacial score (nSPS) is 25.0. The summed E-state index contributed by atoms with van der Waals surface area (Å²) < 4.78 is 11.5. The van der Waals surface area contributed by atoms with Gasteiger partial charge in [-0.3, -0.25) is 4.79 Å². The molecule has 4 heteroatoms. The molecule has 110 valence electrons. The molecule has 0 spiro atoms. The van der Waals surface area contributed by atoms with Gasteiger partial charge in [-0.15, -0.1) is 0 Å². The van der Waals surface area contributed by atoms with Gasteiger partial charge in [-0.1, -0.05) is 12.8 Å². The summed E-state index contributed by atoms with van der Waals surface area (Å²) in [6.07, 6.45) is 7.33. The Morgan fingerprint density at radius 2 is 1.84 bits per heavy atom. The summed E-state index contributed by atoms with van der Waals surface area (Å²) in [7, 11) is 0. The highest BCUT2D eigenvalue weighted by Gasteiger charge is 2.34. The second kappa shape index (κ2) is 6.71. The highest BCUT2D eigenvalue weighted by Crippen LogP contribution is 2.34. The summed E-state index contributed by atoms with van der Waals surface area (Å²) in [5, 5.41) is 0. The molecule has 0 aromatic heterocycles. The number of hydrogen-bond acceptors (Lipinski definition) is 4. The minimum absolute atomic E-state index is 0.0470. The summed E-state index contributed by atoms with van der Waals surface area (Å²) in [5.74, 6) is 0.945. The van der Waals surface area contributed by atoms with Crippen LogP contribution in [-0.2, 0) is 14.3 Å². The Hall–Kier alpha value is -0.610. The molecule has 0 unspecified atom stereocenters. The van der Waals surface area contributed by atoms with Gasteiger partial charge in [0, 0.05) is 6.61 Å². The molecule has 0 heterocycles. The highest BCUT2D eigenvalue weighted by atomic mass is 16.6. The number of rotatable bonds is 7. The third-order valence-corrected chi connectivity index (χ3v) is 4.22. The molecule has 0 bridgehead atoms. The minimum atomic E-state index is -0.560. The minimum Gasteiger partial charge on any atom is -0.459 e. The van der Waals surface area contributed by atoms with Crippen LogP contribution in [0, 0.1) is 11.8 Å². The van der Waals surface area contributed by atoms with Crippen LogP contribution in [0.1, 0.15) is 52.4 Å². The molecular formula is C15H27NO3. The first-order valence-corrected chi connectivity index (χ1v) is 7.65. The second-order valence-electron chi connectivity index (χ2n) is 6.22. The van der Waals surface area contributed by atoms with Crippen molar-refractivity contribution in [2.45, 2.75) is 70.6 Å². The van der Waals surface area contributed by atoms with E-state index in [1.807, 2.05) is 6.92 Å². The molecule has 2 N–H and O–H groups in total. The van der Waals surface area contributed by atoms with E-state index in [4.69, 9.17) is 15.2 Å². The van der Waals surface area contributed by atoms with E-state index in [0.717, 1.165) is 12.5 Å². The molecule has 0 amide bonds. The van der Waals surface area contributed by atoms with Crippen LogP contribution >= 0.6 is 0 Å². The predicted molar refractivity (Wildman–Crippen MR) is 73.6 cm³/mol. The molecule has 0 radical (unpaired) electrons. The maximum Gasteiger partial charge on any atom is 0.322 e. The number of nitrogens with two attached hydrogens (primary N) is 1. The molecule has 2 aliphatic rings. The molecule has 0 saturated heterocycles. The van der Waals surface area contributed by atoms with Crippen molar-refractivity contribution in [2.24, 2.45) is 17.6 Å². The average Bonchev–Trinajstić information content (AvgIpc) is 3.03. The van der Waals surface area contributed by atoms with Crippen molar-refractivity contribution in [3.63, 3.8) is 0 Å². The van der Waals surface area contributed by atoms with E-state index in [2.05, 4.69) is 0 Å². The molecule has 4 nitrogen and oxygen atoms in total. The Balaban J connectivity index is 1.87. The zero-order valence-corrected chi connectivity index (χ0v) is 12.1. The molecule has 0 aliphatic heterocycles. The molecule has 2 saturated carbocycles. The number of hydrogen-bond donors (Lipinski definition) is 1. The van der Waals surface area contributed by atoms with Crippen LogP contribution in [-0.4, -0.2) is 30.8 Å². The third-order valence-electron chi connectivity index (χ3n) is 4.22. The molecule has 2 rings (SSSR count). The SMILES string of the molecule is C[C@H](N)C(=O)O[C@@H](C)[C@H](OCC1CC1)C1CCCC1. The lowest BCUT2D eigenvalue weighted by Gasteiger charge is -2.29. The van der Waals surface area contributed by atoms with Crippen LogP contribution in [0.25, 0.3) is 0 Å². The summed E-state index contributed by atoms with van der Waals surface area (Å²) in [4.78, 5) is 11.6. The fraction of sp³-hybridized carbons (Fsp3) is 0.933. The third kappa shape index (κ3) is 4.46. The lowest BCUT2D eigenvalue weighted by atomic mass is 9.96. The lowest BCUT2D eigenvalue weighted by molar-refractivity contribution is -0.160. The fourth-order valence-electron chi connectivity index (χ4n) is 2.83. The molecule has 3 atom stereocenters. The van der Waals surface area contributed by atoms with Crippen molar-refractivity contribution >= 4 is 5.97 Å². The molecule has 2 aliphatic carbocycles. The number of esters is 1. The van der Waals surface area contributed by atoms with Crippen LogP contribution in [0.3, 0.4) is 0 Å². The van der Waals surface area contributed by atoms with Crippen LogP contribution in [0.5, 0.6) is 0 Å². The van der Waals surface area contributed by atoms with E-state index in [9.17, 15) is 4.79 Å². The van der Waals surface area contributed by atoms with Gasteiger partial charge in [0.15, 0.2) is 0 Å². The van der Waals surface area contributed by atoms with Crippen molar-refractivity contribution < 1.29 is 14.3 Å². The van der Waals surface area contributed by atoms with Crippen molar-refractivity contribution in [3.8, 4) is 0 Å². The average molecular weight is 269 g/mol. The van der Waals surface area contributed by atoms with Gasteiger partial charge in [-0.2, -0.15) is 0 Å². The van der Waals surface area contributed by atoms with Crippen LogP contribution in [0.4, 0.5) is 0 Å². The first-order valence-electron chi connectivity index (χ1n) is 7.65. The van der Waals surface area contributed by atoms with Crippen molar-refractivity contribution in [2.75, 3.05) is 6.61 Å². The Labute approximate surface area is 116 Å². The topological polar surface area (TPSA) is 61.6 Å². The van der Waals surface area contributed by atoms with Gasteiger partial charge in [-0.25, -0.2) is 0 Å². The summed E-state index contributed by atoms with van der Waals surface area (Å²) >= 11 is 0. The van der Waals surface area contributed by atoms with E-state index in [-0.39, 0.29) is 18.2 Å². The van der Waals surface area contributed by atoms with E-state index < -0.39 is 6.04 Å². The Morgan fingerprint density at radius 3 is 2.37 bits per heavy atom. The lowest BCUT2D eigenvalue weighted by Crippen LogP contribution is -2.40. The monoisotopic (exact) mass is 269 g/mol. The maximum atomic E-state index is 11.6. The van der Waals surface area contributed by atoms with Crippen molar-refractivity contribution in [1.29, 1.82) is 0 Å². The Bertz CT molecular complexity index is 296. The Morgan fingerprint density at radius 1 is 1.21 bits per heavy atom. The fourth-order valence-corrected chi connectivity index (χ4v) is 2.83. The second-order valence-corrected chi connectivity index (χ2v) is 6.22. The molecular weight excluding hydrogens is 242 g/mol. The standard InChI is InChI=1S/C15H27NO3/c1-10(16)15(17)19-11(2)14(13-5-3-4-6-13)18-9-12-7-8-12/h10-14H,3-9,16H2,1-2H3/t10-,11-,14-/m0/s1. The first-order chi connectivity index (χ1) is 9.08. The van der Waals surface area contributed by atoms with E-state index >= 15 is 0 Å². The molecule has 0 aromatic rings. The largest absolute Gasteiger partial charge is 0.459 e. The molecule has 2 fully saturated rings. The summed E-state index contributed by atoms with van der Waals surface area (Å²) in [5.41, 5.74) is 5.55. The van der Waals surface area contributed by atoms with E-state index in [1.165, 1.54) is 38.5 Å². The van der Waals surface area contributed by atoms with Crippen molar-refractivity contribution in [1.82, 2.24) is 0 Å². The zero-order chi connectivity index (χ0) is 13.8. The smallest absolute Gasteiger partial charge is 0.322 e. The van der Waals surface area contributed by atoms with Gasteiger partial charge >= 0.3 is 5.97 Å². The molecule has 19 heavy (non-hydrogen) atoms. The first kappa shape index (κ1) is 14.8. The number of ether oxygens (including phenoxy) is 2. The van der Waals surface area contributed by atoms with Gasteiger partial charge in [-0.05, 0) is 51.4 Å². The van der Waals surface area contributed by atoms with Crippen LogP contribution in [0.15, 0.2) is 0 Å². The predicted octanol–water partition coefficient (Wildman–Crippen LogP) is 2.25. The van der Waals surface area contributed by atoms with Gasteiger partial charge in [0.2, 0.25) is 0 Å². The molecule has 0 aromatic carbocycles.